The van der Waals surface area contributed by atoms with Crippen LogP contribution in [0.15, 0.2) is 41.8 Å². The van der Waals surface area contributed by atoms with E-state index in [0.717, 1.165) is 42.4 Å². The molecule has 1 atom stereocenters. The summed E-state index contributed by atoms with van der Waals surface area (Å²) in [5.41, 5.74) is 7.14. The molecule has 7 nitrogen and oxygen atoms in total. The number of rotatable bonds is 6. The Morgan fingerprint density at radius 3 is 2.44 bits per heavy atom. The predicted octanol–water partition coefficient (Wildman–Crippen LogP) is 2.24. The number of anilines is 2. The zero-order valence-electron chi connectivity index (χ0n) is 15.4. The van der Waals surface area contributed by atoms with Crippen LogP contribution in [0.25, 0.3) is 0 Å². The average Bonchev–Trinajstić information content (AvgIpc) is 3.17. The van der Waals surface area contributed by atoms with Crippen molar-refractivity contribution in [2.45, 2.75) is 12.5 Å². The smallest absolute Gasteiger partial charge is 0.312 e. The summed E-state index contributed by atoms with van der Waals surface area (Å²) in [5, 5.41) is 7.43. The van der Waals surface area contributed by atoms with E-state index < -0.39 is 12.1 Å². The van der Waals surface area contributed by atoms with Gasteiger partial charge in [0, 0.05) is 42.4 Å². The molecular weight excluding hydrogens is 362 g/mol. The van der Waals surface area contributed by atoms with E-state index in [1.54, 1.807) is 0 Å². The maximum absolute atomic E-state index is 12.4. The van der Waals surface area contributed by atoms with Crippen molar-refractivity contribution in [2.24, 2.45) is 5.73 Å². The monoisotopic (exact) mass is 387 g/mol. The van der Waals surface area contributed by atoms with Crippen molar-refractivity contribution in [3.8, 4) is 0 Å². The summed E-state index contributed by atoms with van der Waals surface area (Å²) in [7, 11) is 2.13. The van der Waals surface area contributed by atoms with Crippen molar-refractivity contribution < 1.29 is 9.59 Å². The highest BCUT2D eigenvalue weighted by Crippen LogP contribution is 2.23. The highest BCUT2D eigenvalue weighted by atomic mass is 32.1. The molecule has 1 aromatic carbocycles. The van der Waals surface area contributed by atoms with Gasteiger partial charge in [-0.25, -0.2) is 4.79 Å². The second-order valence-electron chi connectivity index (χ2n) is 6.67. The summed E-state index contributed by atoms with van der Waals surface area (Å²) < 4.78 is 0. The fourth-order valence-corrected chi connectivity index (χ4v) is 3.88. The quantitative estimate of drug-likeness (QED) is 0.709. The fraction of sp³-hybridized carbons (Fsp3) is 0.368. The SMILES string of the molecule is CN1CCN(c2ccc(NC(=O)CC(NC(N)=O)c3cccs3)cc2)CC1. The standard InChI is InChI=1S/C19H25N5O2S/c1-23-8-10-24(11-9-23)15-6-4-14(5-7-15)21-18(25)13-16(22-19(20)26)17-3-2-12-27-17/h2-7,12,16H,8-11,13H2,1H3,(H,21,25)(H3,20,22,26). The maximum atomic E-state index is 12.4. The molecular formula is C19H25N5O2S. The van der Waals surface area contributed by atoms with E-state index in [9.17, 15) is 9.59 Å². The number of piperazine rings is 1. The van der Waals surface area contributed by atoms with E-state index in [1.807, 2.05) is 41.8 Å². The summed E-state index contributed by atoms with van der Waals surface area (Å²) in [4.78, 5) is 29.2. The molecule has 2 heterocycles. The van der Waals surface area contributed by atoms with Gasteiger partial charge in [0.1, 0.15) is 0 Å². The number of hydrogen-bond donors (Lipinski definition) is 3. The lowest BCUT2D eigenvalue weighted by Crippen LogP contribution is -2.44. The number of thiophene rings is 1. The molecule has 1 aliphatic rings. The Morgan fingerprint density at radius 1 is 1.15 bits per heavy atom. The Hall–Kier alpha value is -2.58. The van der Waals surface area contributed by atoms with Crippen LogP contribution < -0.4 is 21.3 Å². The molecule has 27 heavy (non-hydrogen) atoms. The van der Waals surface area contributed by atoms with Crippen LogP contribution in [0.4, 0.5) is 16.2 Å². The first-order valence-corrected chi connectivity index (χ1v) is 9.82. The van der Waals surface area contributed by atoms with Gasteiger partial charge in [-0.2, -0.15) is 0 Å². The van der Waals surface area contributed by atoms with Crippen LogP contribution >= 0.6 is 11.3 Å². The predicted molar refractivity (Wildman–Crippen MR) is 109 cm³/mol. The van der Waals surface area contributed by atoms with Crippen LogP contribution in [0.5, 0.6) is 0 Å². The van der Waals surface area contributed by atoms with E-state index in [0.29, 0.717) is 0 Å². The number of amides is 3. The number of carbonyl (C=O) groups excluding carboxylic acids is 2. The van der Waals surface area contributed by atoms with Gasteiger partial charge >= 0.3 is 6.03 Å². The second-order valence-corrected chi connectivity index (χ2v) is 7.65. The van der Waals surface area contributed by atoms with Gasteiger partial charge in [0.15, 0.2) is 0 Å². The summed E-state index contributed by atoms with van der Waals surface area (Å²) in [6.45, 7) is 4.11. The number of urea groups is 1. The van der Waals surface area contributed by atoms with E-state index in [4.69, 9.17) is 5.73 Å². The Bertz CT molecular complexity index is 755. The number of primary amides is 1. The van der Waals surface area contributed by atoms with Gasteiger partial charge in [0.2, 0.25) is 5.91 Å². The Morgan fingerprint density at radius 2 is 1.85 bits per heavy atom. The van der Waals surface area contributed by atoms with Crippen LogP contribution in [0.1, 0.15) is 17.3 Å². The lowest BCUT2D eigenvalue weighted by molar-refractivity contribution is -0.116. The number of nitrogens with two attached hydrogens (primary N) is 1. The lowest BCUT2D eigenvalue weighted by Gasteiger charge is -2.34. The Balaban J connectivity index is 1.57. The number of hydrogen-bond acceptors (Lipinski definition) is 5. The van der Waals surface area contributed by atoms with E-state index in [2.05, 4.69) is 27.5 Å². The molecule has 0 spiro atoms. The average molecular weight is 388 g/mol. The van der Waals surface area contributed by atoms with Crippen LogP contribution in [0.2, 0.25) is 0 Å². The van der Waals surface area contributed by atoms with Gasteiger partial charge in [-0.05, 0) is 42.8 Å². The molecule has 3 rings (SSSR count). The largest absolute Gasteiger partial charge is 0.369 e. The summed E-state index contributed by atoms with van der Waals surface area (Å²) in [6, 6.07) is 10.6. The molecule has 1 unspecified atom stereocenters. The van der Waals surface area contributed by atoms with Crippen molar-refractivity contribution >= 4 is 34.6 Å². The first-order chi connectivity index (χ1) is 13.0. The minimum Gasteiger partial charge on any atom is -0.369 e. The van der Waals surface area contributed by atoms with Crippen molar-refractivity contribution in [3.63, 3.8) is 0 Å². The number of carbonyl (C=O) groups is 2. The minimum atomic E-state index is -0.641. The van der Waals surface area contributed by atoms with Crippen LogP contribution in [-0.2, 0) is 4.79 Å². The lowest BCUT2D eigenvalue weighted by atomic mass is 10.1. The maximum Gasteiger partial charge on any atom is 0.312 e. The number of likely N-dealkylation sites (N-methyl/N-ethyl adjacent to an activating group) is 1. The third-order valence-corrected chi connectivity index (χ3v) is 5.60. The molecule has 1 aliphatic heterocycles. The first-order valence-electron chi connectivity index (χ1n) is 8.94. The van der Waals surface area contributed by atoms with Crippen LogP contribution in [0.3, 0.4) is 0 Å². The molecule has 1 fully saturated rings. The second kappa shape index (κ2) is 8.88. The molecule has 3 amide bonds. The first kappa shape index (κ1) is 19.2. The normalized spacial score (nSPS) is 16.0. The van der Waals surface area contributed by atoms with E-state index in [1.165, 1.54) is 11.3 Å². The van der Waals surface area contributed by atoms with Gasteiger partial charge in [-0.15, -0.1) is 11.3 Å². The van der Waals surface area contributed by atoms with Gasteiger partial charge in [-0.1, -0.05) is 6.07 Å². The van der Waals surface area contributed by atoms with Gasteiger partial charge < -0.3 is 26.2 Å². The topological polar surface area (TPSA) is 90.7 Å². The molecule has 0 aliphatic carbocycles. The molecule has 2 aromatic rings. The van der Waals surface area contributed by atoms with Gasteiger partial charge in [-0.3, -0.25) is 4.79 Å². The summed E-state index contributed by atoms with van der Waals surface area (Å²) in [5.74, 6) is -0.172. The van der Waals surface area contributed by atoms with Crippen LogP contribution in [-0.4, -0.2) is 50.1 Å². The molecule has 0 bridgehead atoms. The number of nitrogens with zero attached hydrogens (tertiary/aromatic N) is 2. The molecule has 8 heteroatoms. The third-order valence-electron chi connectivity index (χ3n) is 4.61. The van der Waals surface area contributed by atoms with Crippen molar-refractivity contribution in [1.29, 1.82) is 0 Å². The van der Waals surface area contributed by atoms with E-state index >= 15 is 0 Å². The van der Waals surface area contributed by atoms with Crippen molar-refractivity contribution in [2.75, 3.05) is 43.4 Å². The highest BCUT2D eigenvalue weighted by molar-refractivity contribution is 7.10. The molecule has 1 aromatic heterocycles. The molecule has 1 saturated heterocycles. The van der Waals surface area contributed by atoms with Crippen LogP contribution in [0, 0.1) is 0 Å². The van der Waals surface area contributed by atoms with Gasteiger partial charge in [0.05, 0.1) is 12.5 Å². The van der Waals surface area contributed by atoms with Gasteiger partial charge in [0.25, 0.3) is 0 Å². The number of benzene rings is 1. The highest BCUT2D eigenvalue weighted by Gasteiger charge is 2.19. The summed E-state index contributed by atoms with van der Waals surface area (Å²) in [6.07, 6.45) is 0.129. The fourth-order valence-electron chi connectivity index (χ4n) is 3.10. The molecule has 0 saturated carbocycles. The Kier molecular flexibility index (Phi) is 6.31. The zero-order chi connectivity index (χ0) is 19.2. The van der Waals surface area contributed by atoms with Crippen molar-refractivity contribution in [1.82, 2.24) is 10.2 Å². The molecule has 0 radical (unpaired) electrons. The summed E-state index contributed by atoms with van der Waals surface area (Å²) >= 11 is 1.48. The number of nitrogens with one attached hydrogen (secondary N) is 2. The van der Waals surface area contributed by atoms with Crippen molar-refractivity contribution in [3.05, 3.63) is 46.7 Å². The van der Waals surface area contributed by atoms with E-state index in [-0.39, 0.29) is 12.3 Å². The Labute approximate surface area is 163 Å². The molecule has 144 valence electrons. The molecule has 4 N–H and O–H groups in total. The zero-order valence-corrected chi connectivity index (χ0v) is 16.2. The minimum absolute atomic E-state index is 0.129. The third kappa shape index (κ3) is 5.45.